The van der Waals surface area contributed by atoms with E-state index in [4.69, 9.17) is 20.0 Å². The van der Waals surface area contributed by atoms with Crippen LogP contribution in [-0.2, 0) is 13.2 Å². The molecule has 0 aliphatic carbocycles. The van der Waals surface area contributed by atoms with E-state index >= 15 is 0 Å². The molecule has 0 saturated heterocycles. The average molecular weight is 341 g/mol. The molecule has 3 aromatic rings. The maximum Gasteiger partial charge on any atom is 0.137 e. The largest absolute Gasteiger partial charge is 0.486 e. The van der Waals surface area contributed by atoms with Gasteiger partial charge in [0.25, 0.3) is 0 Å². The van der Waals surface area contributed by atoms with E-state index in [0.717, 1.165) is 11.4 Å². The normalized spacial score (nSPS) is 9.77. The number of ether oxygens (including phenoxy) is 2. The third kappa shape index (κ3) is 4.17. The first-order valence-corrected chi connectivity index (χ1v) is 7.99. The first kappa shape index (κ1) is 17.0. The Kier molecular flexibility index (Phi) is 5.44. The van der Waals surface area contributed by atoms with Crippen molar-refractivity contribution in [3.05, 3.63) is 89.2 Å². The van der Waals surface area contributed by atoms with Crippen molar-refractivity contribution in [1.82, 2.24) is 4.98 Å². The lowest BCUT2D eigenvalue weighted by Gasteiger charge is -2.10. The molecule has 0 radical (unpaired) electrons. The van der Waals surface area contributed by atoms with Crippen LogP contribution in [0.1, 0.15) is 22.5 Å². The smallest absolute Gasteiger partial charge is 0.137 e. The zero-order chi connectivity index (χ0) is 18.2. The van der Waals surface area contributed by atoms with E-state index < -0.39 is 0 Å². The second kappa shape index (κ2) is 8.32. The molecule has 1 aromatic heterocycles. The first-order chi connectivity index (χ1) is 12.8. The van der Waals surface area contributed by atoms with E-state index in [0.29, 0.717) is 22.6 Å². The minimum Gasteiger partial charge on any atom is -0.486 e. The van der Waals surface area contributed by atoms with Gasteiger partial charge in [0.05, 0.1) is 22.5 Å². The molecule has 1 heterocycles. The number of nitrogens with zero attached hydrogens (tertiary/aromatic N) is 3. The summed E-state index contributed by atoms with van der Waals surface area (Å²) in [5.41, 5.74) is 2.43. The SMILES string of the molecule is N#Cc1ccccc1OCc1cccc(COc2ccccc2C#N)n1. The number of hydrogen-bond acceptors (Lipinski definition) is 5. The number of para-hydroxylation sites is 2. The molecular weight excluding hydrogens is 326 g/mol. The van der Waals surface area contributed by atoms with Gasteiger partial charge in [0.1, 0.15) is 36.9 Å². The third-order valence-electron chi connectivity index (χ3n) is 3.63. The van der Waals surface area contributed by atoms with Crippen LogP contribution in [0, 0.1) is 22.7 Å². The van der Waals surface area contributed by atoms with E-state index in [1.165, 1.54) is 0 Å². The second-order valence-corrected chi connectivity index (χ2v) is 5.41. The van der Waals surface area contributed by atoms with Crippen LogP contribution < -0.4 is 9.47 Å². The first-order valence-electron chi connectivity index (χ1n) is 7.99. The van der Waals surface area contributed by atoms with E-state index in [9.17, 15) is 0 Å². The third-order valence-corrected chi connectivity index (χ3v) is 3.63. The summed E-state index contributed by atoms with van der Waals surface area (Å²) in [5.74, 6) is 1.06. The van der Waals surface area contributed by atoms with Crippen LogP contribution in [0.25, 0.3) is 0 Å². The van der Waals surface area contributed by atoms with Crippen LogP contribution in [0.4, 0.5) is 0 Å². The molecular formula is C21H15N3O2. The van der Waals surface area contributed by atoms with Gasteiger partial charge < -0.3 is 9.47 Å². The van der Waals surface area contributed by atoms with E-state index in [1.54, 1.807) is 36.4 Å². The summed E-state index contributed by atoms with van der Waals surface area (Å²) in [5, 5.41) is 18.2. The fourth-order valence-electron chi connectivity index (χ4n) is 2.36. The van der Waals surface area contributed by atoms with Gasteiger partial charge in [0, 0.05) is 0 Å². The van der Waals surface area contributed by atoms with Crippen LogP contribution in [0.2, 0.25) is 0 Å². The number of pyridine rings is 1. The highest BCUT2D eigenvalue weighted by atomic mass is 16.5. The predicted octanol–water partition coefficient (Wildman–Crippen LogP) is 3.98. The lowest BCUT2D eigenvalue weighted by molar-refractivity contribution is 0.289. The molecule has 0 bridgehead atoms. The Morgan fingerprint density at radius 2 is 1.12 bits per heavy atom. The van der Waals surface area contributed by atoms with Gasteiger partial charge in [-0.15, -0.1) is 0 Å². The summed E-state index contributed by atoms with van der Waals surface area (Å²) in [6.45, 7) is 0.503. The molecule has 0 aliphatic rings. The van der Waals surface area contributed by atoms with Gasteiger partial charge in [-0.25, -0.2) is 0 Å². The monoisotopic (exact) mass is 341 g/mol. The number of hydrogen-bond donors (Lipinski definition) is 0. The van der Waals surface area contributed by atoms with E-state index in [-0.39, 0.29) is 13.2 Å². The van der Waals surface area contributed by atoms with Crippen LogP contribution in [0.15, 0.2) is 66.7 Å². The zero-order valence-electron chi connectivity index (χ0n) is 13.9. The van der Waals surface area contributed by atoms with Gasteiger partial charge in [-0.2, -0.15) is 10.5 Å². The van der Waals surface area contributed by atoms with Gasteiger partial charge >= 0.3 is 0 Å². The lowest BCUT2D eigenvalue weighted by atomic mass is 10.2. The summed E-state index contributed by atoms with van der Waals surface area (Å²) in [6.07, 6.45) is 0. The maximum atomic E-state index is 9.10. The van der Waals surface area contributed by atoms with Crippen LogP contribution in [0.5, 0.6) is 11.5 Å². The molecule has 5 heteroatoms. The number of nitriles is 2. The lowest BCUT2D eigenvalue weighted by Crippen LogP contribution is -2.04. The fourth-order valence-corrected chi connectivity index (χ4v) is 2.36. The molecule has 0 saturated carbocycles. The summed E-state index contributed by atoms with van der Waals surface area (Å²) >= 11 is 0. The molecule has 0 fully saturated rings. The van der Waals surface area contributed by atoms with Crippen molar-refractivity contribution >= 4 is 0 Å². The van der Waals surface area contributed by atoms with Crippen molar-refractivity contribution in [2.75, 3.05) is 0 Å². The van der Waals surface area contributed by atoms with Crippen molar-refractivity contribution in [2.45, 2.75) is 13.2 Å². The highest BCUT2D eigenvalue weighted by molar-refractivity contribution is 5.43. The summed E-state index contributed by atoms with van der Waals surface area (Å²) in [6, 6.07) is 23.9. The molecule has 0 unspecified atom stereocenters. The standard InChI is InChI=1S/C21H15N3O2/c22-12-16-6-1-3-10-20(16)25-14-18-8-5-9-19(24-18)15-26-21-11-4-2-7-17(21)13-23/h1-11H,14-15H2. The van der Waals surface area contributed by atoms with Crippen molar-refractivity contribution in [3.8, 4) is 23.6 Å². The highest BCUT2D eigenvalue weighted by Crippen LogP contribution is 2.19. The fraction of sp³-hybridized carbons (Fsp3) is 0.0952. The zero-order valence-corrected chi connectivity index (χ0v) is 13.9. The van der Waals surface area contributed by atoms with Crippen LogP contribution in [0.3, 0.4) is 0 Å². The van der Waals surface area contributed by atoms with E-state index in [2.05, 4.69) is 17.1 Å². The number of rotatable bonds is 6. The van der Waals surface area contributed by atoms with Gasteiger partial charge in [0.15, 0.2) is 0 Å². The van der Waals surface area contributed by atoms with Gasteiger partial charge in [-0.3, -0.25) is 4.98 Å². The second-order valence-electron chi connectivity index (χ2n) is 5.41. The quantitative estimate of drug-likeness (QED) is 0.677. The average Bonchev–Trinajstić information content (AvgIpc) is 2.71. The molecule has 2 aromatic carbocycles. The minimum absolute atomic E-state index is 0.251. The van der Waals surface area contributed by atoms with E-state index in [1.807, 2.05) is 30.3 Å². The summed E-state index contributed by atoms with van der Waals surface area (Å²) in [4.78, 5) is 4.50. The van der Waals surface area contributed by atoms with Gasteiger partial charge in [0.2, 0.25) is 0 Å². The molecule has 0 atom stereocenters. The minimum atomic E-state index is 0.251. The predicted molar refractivity (Wildman–Crippen MR) is 95.2 cm³/mol. The van der Waals surface area contributed by atoms with Crippen LogP contribution >= 0.6 is 0 Å². The van der Waals surface area contributed by atoms with Crippen molar-refractivity contribution in [2.24, 2.45) is 0 Å². The molecule has 3 rings (SSSR count). The van der Waals surface area contributed by atoms with Crippen molar-refractivity contribution in [1.29, 1.82) is 10.5 Å². The molecule has 126 valence electrons. The Balaban J connectivity index is 1.65. The Labute approximate surface area is 151 Å². The maximum absolute atomic E-state index is 9.10. The molecule has 0 amide bonds. The Morgan fingerprint density at radius 1 is 0.654 bits per heavy atom. The highest BCUT2D eigenvalue weighted by Gasteiger charge is 2.06. The van der Waals surface area contributed by atoms with Crippen molar-refractivity contribution < 1.29 is 9.47 Å². The van der Waals surface area contributed by atoms with Gasteiger partial charge in [-0.1, -0.05) is 30.3 Å². The number of benzene rings is 2. The van der Waals surface area contributed by atoms with Gasteiger partial charge in [-0.05, 0) is 36.4 Å². The molecule has 0 N–H and O–H groups in total. The van der Waals surface area contributed by atoms with Crippen LogP contribution in [-0.4, -0.2) is 4.98 Å². The molecule has 5 nitrogen and oxygen atoms in total. The Morgan fingerprint density at radius 3 is 1.58 bits per heavy atom. The topological polar surface area (TPSA) is 78.9 Å². The molecule has 0 aliphatic heterocycles. The summed E-state index contributed by atoms with van der Waals surface area (Å²) < 4.78 is 11.4. The Bertz CT molecular complexity index is 910. The Hall–Kier alpha value is -3.83. The molecule has 26 heavy (non-hydrogen) atoms. The summed E-state index contributed by atoms with van der Waals surface area (Å²) in [7, 11) is 0. The van der Waals surface area contributed by atoms with Crippen molar-refractivity contribution in [3.63, 3.8) is 0 Å². The molecule has 0 spiro atoms. The number of aromatic nitrogens is 1.